The lowest BCUT2D eigenvalue weighted by Gasteiger charge is -2.30. The lowest BCUT2D eigenvalue weighted by molar-refractivity contribution is -0.139. The van der Waals surface area contributed by atoms with E-state index in [1.807, 2.05) is 30.3 Å². The maximum absolute atomic E-state index is 12.7. The minimum absolute atomic E-state index is 0.0991. The van der Waals surface area contributed by atoms with Crippen LogP contribution in [0.4, 0.5) is 5.69 Å². The van der Waals surface area contributed by atoms with Gasteiger partial charge >= 0.3 is 5.97 Å². The van der Waals surface area contributed by atoms with Crippen LogP contribution in [0.15, 0.2) is 48.5 Å². The van der Waals surface area contributed by atoms with Gasteiger partial charge in [0.25, 0.3) is 0 Å². The average molecular weight is 368 g/mol. The third-order valence-electron chi connectivity index (χ3n) is 4.47. The van der Waals surface area contributed by atoms with Gasteiger partial charge in [0.15, 0.2) is 6.61 Å². The minimum atomic E-state index is -1.06. The fourth-order valence-electron chi connectivity index (χ4n) is 3.08. The SMILES string of the molecule is CN1C(=O)C[C@@H](C(=O)NCc2cccc(OCC(=O)O)c2)c2ccccc21. The molecule has 0 aliphatic carbocycles. The molecule has 1 aliphatic heterocycles. The van der Waals surface area contributed by atoms with Crippen molar-refractivity contribution in [2.24, 2.45) is 0 Å². The summed E-state index contributed by atoms with van der Waals surface area (Å²) in [5.74, 6) is -1.49. The molecule has 140 valence electrons. The summed E-state index contributed by atoms with van der Waals surface area (Å²) in [6.07, 6.45) is 0.126. The van der Waals surface area contributed by atoms with Crippen LogP contribution in [-0.4, -0.2) is 36.5 Å². The van der Waals surface area contributed by atoms with Crippen molar-refractivity contribution in [3.8, 4) is 5.75 Å². The first-order chi connectivity index (χ1) is 13.0. The number of benzene rings is 2. The molecule has 27 heavy (non-hydrogen) atoms. The molecule has 0 unspecified atom stereocenters. The lowest BCUT2D eigenvalue weighted by atomic mass is 9.89. The van der Waals surface area contributed by atoms with E-state index >= 15 is 0 Å². The average Bonchev–Trinajstić information content (AvgIpc) is 2.67. The zero-order valence-electron chi connectivity index (χ0n) is 14.8. The van der Waals surface area contributed by atoms with Crippen molar-refractivity contribution in [2.75, 3.05) is 18.6 Å². The first kappa shape index (κ1) is 18.4. The molecule has 2 N–H and O–H groups in total. The van der Waals surface area contributed by atoms with Crippen LogP contribution in [0.5, 0.6) is 5.75 Å². The first-order valence-corrected chi connectivity index (χ1v) is 8.52. The Balaban J connectivity index is 1.68. The van der Waals surface area contributed by atoms with Crippen LogP contribution in [-0.2, 0) is 20.9 Å². The Morgan fingerprint density at radius 2 is 2.00 bits per heavy atom. The van der Waals surface area contributed by atoms with E-state index in [1.165, 1.54) is 0 Å². The van der Waals surface area contributed by atoms with Crippen molar-refractivity contribution in [2.45, 2.75) is 18.9 Å². The molecule has 0 spiro atoms. The molecule has 7 heteroatoms. The second-order valence-electron chi connectivity index (χ2n) is 6.32. The van der Waals surface area contributed by atoms with Gasteiger partial charge in [-0.3, -0.25) is 9.59 Å². The van der Waals surface area contributed by atoms with Crippen molar-refractivity contribution < 1.29 is 24.2 Å². The van der Waals surface area contributed by atoms with Crippen molar-refractivity contribution >= 4 is 23.5 Å². The van der Waals surface area contributed by atoms with Gasteiger partial charge in [-0.25, -0.2) is 4.79 Å². The van der Waals surface area contributed by atoms with E-state index in [-0.39, 0.29) is 24.8 Å². The van der Waals surface area contributed by atoms with Gasteiger partial charge in [-0.1, -0.05) is 30.3 Å². The number of hydrogen-bond acceptors (Lipinski definition) is 4. The van der Waals surface area contributed by atoms with Gasteiger partial charge < -0.3 is 20.1 Å². The van der Waals surface area contributed by atoms with Gasteiger partial charge in [0, 0.05) is 25.7 Å². The zero-order chi connectivity index (χ0) is 19.4. The fourth-order valence-corrected chi connectivity index (χ4v) is 3.08. The van der Waals surface area contributed by atoms with E-state index in [1.54, 1.807) is 30.1 Å². The van der Waals surface area contributed by atoms with Crippen molar-refractivity contribution in [3.63, 3.8) is 0 Å². The predicted molar refractivity (Wildman–Crippen MR) is 98.6 cm³/mol. The number of amides is 2. The number of ether oxygens (including phenoxy) is 1. The molecule has 3 rings (SSSR count). The number of rotatable bonds is 6. The van der Waals surface area contributed by atoms with E-state index in [9.17, 15) is 14.4 Å². The Hall–Kier alpha value is -3.35. The molecule has 7 nitrogen and oxygen atoms in total. The largest absolute Gasteiger partial charge is 0.482 e. The van der Waals surface area contributed by atoms with E-state index in [2.05, 4.69) is 5.32 Å². The summed E-state index contributed by atoms with van der Waals surface area (Å²) in [6.45, 7) is -0.171. The predicted octanol–water partition coefficient (Wildman–Crippen LogP) is 1.92. The van der Waals surface area contributed by atoms with Gasteiger partial charge in [0.05, 0.1) is 5.92 Å². The molecule has 0 saturated heterocycles. The molecule has 1 aliphatic rings. The lowest BCUT2D eigenvalue weighted by Crippen LogP contribution is -2.39. The highest BCUT2D eigenvalue weighted by Crippen LogP contribution is 2.35. The maximum Gasteiger partial charge on any atom is 0.341 e. The summed E-state index contributed by atoms with van der Waals surface area (Å²) in [4.78, 5) is 37.1. The highest BCUT2D eigenvalue weighted by atomic mass is 16.5. The number of carboxylic acid groups (broad SMARTS) is 1. The quantitative estimate of drug-likeness (QED) is 0.812. The Labute approximate surface area is 156 Å². The summed E-state index contributed by atoms with van der Waals surface area (Å²) in [6, 6.07) is 14.3. The van der Waals surface area contributed by atoms with Crippen LogP contribution in [0.3, 0.4) is 0 Å². The Morgan fingerprint density at radius 3 is 2.78 bits per heavy atom. The fraction of sp³-hybridized carbons (Fsp3) is 0.250. The number of carbonyl (C=O) groups is 3. The number of para-hydroxylation sites is 1. The highest BCUT2D eigenvalue weighted by Gasteiger charge is 2.33. The van der Waals surface area contributed by atoms with E-state index in [0.29, 0.717) is 5.75 Å². The smallest absolute Gasteiger partial charge is 0.341 e. The zero-order valence-corrected chi connectivity index (χ0v) is 14.8. The summed E-state index contributed by atoms with van der Waals surface area (Å²) in [5, 5.41) is 11.5. The molecular formula is C20H20N2O5. The molecular weight excluding hydrogens is 348 g/mol. The Bertz CT molecular complexity index is 880. The van der Waals surface area contributed by atoms with Crippen LogP contribution in [0, 0.1) is 0 Å². The second kappa shape index (κ2) is 7.90. The van der Waals surface area contributed by atoms with Crippen LogP contribution in [0.25, 0.3) is 0 Å². The molecule has 0 radical (unpaired) electrons. The van der Waals surface area contributed by atoms with Crippen LogP contribution >= 0.6 is 0 Å². The number of fused-ring (bicyclic) bond motifs is 1. The molecule has 1 heterocycles. The van der Waals surface area contributed by atoms with Crippen molar-refractivity contribution in [1.29, 1.82) is 0 Å². The topological polar surface area (TPSA) is 95.9 Å². The third kappa shape index (κ3) is 4.25. The molecule has 0 saturated carbocycles. The molecule has 2 aromatic carbocycles. The summed E-state index contributed by atoms with van der Waals surface area (Å²) >= 11 is 0. The van der Waals surface area contributed by atoms with Crippen molar-refractivity contribution in [3.05, 3.63) is 59.7 Å². The van der Waals surface area contributed by atoms with Crippen LogP contribution < -0.4 is 15.0 Å². The van der Waals surface area contributed by atoms with Crippen LogP contribution in [0.2, 0.25) is 0 Å². The van der Waals surface area contributed by atoms with Gasteiger partial charge in [0.2, 0.25) is 11.8 Å². The summed E-state index contributed by atoms with van der Waals surface area (Å²) in [5.41, 5.74) is 2.35. The van der Waals surface area contributed by atoms with E-state index in [0.717, 1.165) is 16.8 Å². The molecule has 2 aromatic rings. The first-order valence-electron chi connectivity index (χ1n) is 8.52. The van der Waals surface area contributed by atoms with Gasteiger partial charge in [-0.15, -0.1) is 0 Å². The number of hydrogen-bond donors (Lipinski definition) is 2. The summed E-state index contributed by atoms with van der Waals surface area (Å²) < 4.78 is 5.14. The Kier molecular flexibility index (Phi) is 5.40. The molecule has 2 amide bonds. The van der Waals surface area contributed by atoms with E-state index < -0.39 is 18.5 Å². The Morgan fingerprint density at radius 1 is 1.22 bits per heavy atom. The number of carbonyl (C=O) groups excluding carboxylic acids is 2. The van der Waals surface area contributed by atoms with Gasteiger partial charge in [0.1, 0.15) is 5.75 Å². The van der Waals surface area contributed by atoms with Gasteiger partial charge in [-0.2, -0.15) is 0 Å². The highest BCUT2D eigenvalue weighted by molar-refractivity contribution is 6.02. The minimum Gasteiger partial charge on any atom is -0.482 e. The number of carboxylic acids is 1. The molecule has 1 atom stereocenters. The third-order valence-corrected chi connectivity index (χ3v) is 4.47. The van der Waals surface area contributed by atoms with Gasteiger partial charge in [-0.05, 0) is 29.3 Å². The molecule has 0 bridgehead atoms. The monoisotopic (exact) mass is 368 g/mol. The maximum atomic E-state index is 12.7. The van der Waals surface area contributed by atoms with E-state index in [4.69, 9.17) is 9.84 Å². The number of aliphatic carboxylic acids is 1. The number of nitrogens with zero attached hydrogens (tertiary/aromatic N) is 1. The molecule has 0 aromatic heterocycles. The normalized spacial score (nSPS) is 15.8. The number of anilines is 1. The summed E-state index contributed by atoms with van der Waals surface area (Å²) in [7, 11) is 1.71. The second-order valence-corrected chi connectivity index (χ2v) is 6.32. The van der Waals surface area contributed by atoms with Crippen LogP contribution in [0.1, 0.15) is 23.5 Å². The standard InChI is InChI=1S/C20H20N2O5/c1-22-17-8-3-2-7-15(17)16(10-18(22)23)20(26)21-11-13-5-4-6-14(9-13)27-12-19(24)25/h2-9,16H,10-12H2,1H3,(H,21,26)(H,24,25)/t16-/m1/s1. The number of nitrogens with one attached hydrogen (secondary N) is 1. The molecule has 0 fully saturated rings. The van der Waals surface area contributed by atoms with Crippen molar-refractivity contribution in [1.82, 2.24) is 5.32 Å².